The summed E-state index contributed by atoms with van der Waals surface area (Å²) in [5, 5.41) is 5.92. The van der Waals surface area contributed by atoms with Gasteiger partial charge in [-0.2, -0.15) is 5.10 Å². The number of carbonyl (C=O) groups is 1. The minimum atomic E-state index is -0.248. The zero-order valence-electron chi connectivity index (χ0n) is 15.9. The molecule has 28 heavy (non-hydrogen) atoms. The molecule has 0 N–H and O–H groups in total. The van der Waals surface area contributed by atoms with Crippen molar-refractivity contribution >= 4 is 32.8 Å². The Morgan fingerprint density at radius 1 is 1.25 bits per heavy atom. The standard InChI is InChI=1S/C22H23BrN2O3/c1-2-27-22(26)11-16-5-3-4-6-21(16)28-14-19-18-12-17(23)9-10-20(18)25(24-19)13-15-7-8-15/h3-6,9-10,12,15H,2,7-8,11,13-14H2,1H3. The van der Waals surface area contributed by atoms with Crippen LogP contribution in [0.1, 0.15) is 31.0 Å². The lowest BCUT2D eigenvalue weighted by atomic mass is 10.1. The lowest BCUT2D eigenvalue weighted by Crippen LogP contribution is -2.09. The van der Waals surface area contributed by atoms with Crippen LogP contribution in [0, 0.1) is 5.92 Å². The van der Waals surface area contributed by atoms with Crippen LogP contribution in [0.15, 0.2) is 46.9 Å². The van der Waals surface area contributed by atoms with Gasteiger partial charge in [0.15, 0.2) is 0 Å². The molecule has 0 amide bonds. The van der Waals surface area contributed by atoms with Crippen molar-refractivity contribution in [3.8, 4) is 5.75 Å². The maximum atomic E-state index is 11.9. The maximum absolute atomic E-state index is 11.9. The molecule has 3 aromatic rings. The van der Waals surface area contributed by atoms with Crippen LogP contribution < -0.4 is 4.74 Å². The van der Waals surface area contributed by atoms with E-state index in [0.717, 1.165) is 39.1 Å². The van der Waals surface area contributed by atoms with Crippen molar-refractivity contribution in [3.63, 3.8) is 0 Å². The van der Waals surface area contributed by atoms with Gasteiger partial charge in [0.25, 0.3) is 0 Å². The number of aromatic nitrogens is 2. The Kier molecular flexibility index (Phi) is 5.67. The first-order chi connectivity index (χ1) is 13.6. The fraction of sp³-hybridized carbons (Fsp3) is 0.364. The number of hydrogen-bond donors (Lipinski definition) is 0. The molecule has 0 spiro atoms. The van der Waals surface area contributed by atoms with Gasteiger partial charge >= 0.3 is 5.97 Å². The second kappa shape index (κ2) is 8.35. The highest BCUT2D eigenvalue weighted by molar-refractivity contribution is 9.10. The molecule has 1 aliphatic carbocycles. The fourth-order valence-corrected chi connectivity index (χ4v) is 3.67. The molecule has 0 bridgehead atoms. The quantitative estimate of drug-likeness (QED) is 0.465. The third-order valence-electron chi connectivity index (χ3n) is 4.89. The van der Waals surface area contributed by atoms with Gasteiger partial charge in [0.2, 0.25) is 0 Å². The van der Waals surface area contributed by atoms with Gasteiger partial charge in [-0.3, -0.25) is 9.48 Å². The van der Waals surface area contributed by atoms with Crippen molar-refractivity contribution in [1.82, 2.24) is 9.78 Å². The van der Waals surface area contributed by atoms with Gasteiger partial charge in [-0.15, -0.1) is 0 Å². The molecule has 0 radical (unpaired) electrons. The second-order valence-electron chi connectivity index (χ2n) is 7.11. The van der Waals surface area contributed by atoms with Crippen molar-refractivity contribution in [2.45, 2.75) is 39.3 Å². The minimum absolute atomic E-state index is 0.201. The largest absolute Gasteiger partial charge is 0.487 e. The first-order valence-electron chi connectivity index (χ1n) is 9.65. The van der Waals surface area contributed by atoms with E-state index in [0.29, 0.717) is 19.0 Å². The first kappa shape index (κ1) is 19.0. The van der Waals surface area contributed by atoms with Crippen molar-refractivity contribution in [2.75, 3.05) is 6.61 Å². The normalized spacial score (nSPS) is 13.6. The number of halogens is 1. The highest BCUT2D eigenvalue weighted by Crippen LogP contribution is 2.33. The molecule has 0 unspecified atom stereocenters. The maximum Gasteiger partial charge on any atom is 0.310 e. The smallest absolute Gasteiger partial charge is 0.310 e. The Bertz CT molecular complexity index is 995. The van der Waals surface area contributed by atoms with Crippen LogP contribution in [0.2, 0.25) is 0 Å². The third-order valence-corrected chi connectivity index (χ3v) is 5.39. The van der Waals surface area contributed by atoms with Crippen LogP contribution in [-0.2, 0) is 29.1 Å². The average Bonchev–Trinajstić information content (AvgIpc) is 3.43. The molecule has 5 nitrogen and oxygen atoms in total. The van der Waals surface area contributed by atoms with Crippen LogP contribution in [-0.4, -0.2) is 22.4 Å². The zero-order valence-corrected chi connectivity index (χ0v) is 17.4. The number of fused-ring (bicyclic) bond motifs is 1. The Hall–Kier alpha value is -2.34. The summed E-state index contributed by atoms with van der Waals surface area (Å²) in [5.41, 5.74) is 2.86. The highest BCUT2D eigenvalue weighted by atomic mass is 79.9. The predicted octanol–water partition coefficient (Wildman–Crippen LogP) is 4.89. The monoisotopic (exact) mass is 442 g/mol. The van der Waals surface area contributed by atoms with Gasteiger partial charge in [-0.05, 0) is 49.9 Å². The number of esters is 1. The zero-order chi connectivity index (χ0) is 19.5. The Balaban J connectivity index is 1.56. The van der Waals surface area contributed by atoms with E-state index in [1.165, 1.54) is 12.8 Å². The Morgan fingerprint density at radius 3 is 2.86 bits per heavy atom. The molecule has 6 heteroatoms. The van der Waals surface area contributed by atoms with Crippen molar-refractivity contribution in [2.24, 2.45) is 5.92 Å². The molecule has 0 saturated heterocycles. The summed E-state index contributed by atoms with van der Waals surface area (Å²) in [6, 6.07) is 13.8. The summed E-state index contributed by atoms with van der Waals surface area (Å²) in [7, 11) is 0. The summed E-state index contributed by atoms with van der Waals surface area (Å²) in [5.74, 6) is 1.18. The number of rotatable bonds is 8. The van der Waals surface area contributed by atoms with E-state index in [1.807, 2.05) is 37.3 Å². The number of benzene rings is 2. The summed E-state index contributed by atoms with van der Waals surface area (Å²) in [4.78, 5) is 11.9. The van der Waals surface area contributed by atoms with E-state index in [4.69, 9.17) is 14.6 Å². The van der Waals surface area contributed by atoms with Crippen LogP contribution in [0.25, 0.3) is 10.9 Å². The van der Waals surface area contributed by atoms with Gasteiger partial charge in [-0.25, -0.2) is 0 Å². The fourth-order valence-electron chi connectivity index (χ4n) is 3.31. The molecular weight excluding hydrogens is 420 g/mol. The van der Waals surface area contributed by atoms with Crippen LogP contribution in [0.3, 0.4) is 0 Å². The summed E-state index contributed by atoms with van der Waals surface area (Å²) >= 11 is 3.56. The lowest BCUT2D eigenvalue weighted by Gasteiger charge is -2.10. The highest BCUT2D eigenvalue weighted by Gasteiger charge is 2.24. The number of carbonyl (C=O) groups excluding carboxylic acids is 1. The summed E-state index contributed by atoms with van der Waals surface area (Å²) in [6.07, 6.45) is 2.77. The van der Waals surface area contributed by atoms with Crippen LogP contribution >= 0.6 is 15.9 Å². The summed E-state index contributed by atoms with van der Waals surface area (Å²) in [6.45, 7) is 3.49. The molecule has 0 aliphatic heterocycles. The molecule has 1 fully saturated rings. The van der Waals surface area contributed by atoms with E-state index in [-0.39, 0.29) is 12.4 Å². The van der Waals surface area contributed by atoms with Crippen LogP contribution in [0.5, 0.6) is 5.75 Å². The second-order valence-corrected chi connectivity index (χ2v) is 8.03. The van der Waals surface area contributed by atoms with Crippen LogP contribution in [0.4, 0.5) is 0 Å². The molecule has 1 heterocycles. The molecular formula is C22H23BrN2O3. The van der Waals surface area contributed by atoms with Gasteiger partial charge in [0.1, 0.15) is 18.1 Å². The predicted molar refractivity (Wildman–Crippen MR) is 111 cm³/mol. The van der Waals surface area contributed by atoms with E-state index < -0.39 is 0 Å². The molecule has 1 aliphatic rings. The average molecular weight is 443 g/mol. The molecule has 4 rings (SSSR count). The van der Waals surface area contributed by atoms with E-state index in [2.05, 4.69) is 32.7 Å². The SMILES string of the molecule is CCOC(=O)Cc1ccccc1OCc1nn(CC2CC2)c2ccc(Br)cc12. The van der Waals surface area contributed by atoms with E-state index >= 15 is 0 Å². The number of para-hydroxylation sites is 1. The minimum Gasteiger partial charge on any atom is -0.487 e. The molecule has 2 aromatic carbocycles. The molecule has 1 saturated carbocycles. The third kappa shape index (κ3) is 4.38. The van der Waals surface area contributed by atoms with Crippen molar-refractivity contribution in [1.29, 1.82) is 0 Å². The van der Waals surface area contributed by atoms with E-state index in [9.17, 15) is 4.79 Å². The molecule has 146 valence electrons. The molecule has 0 atom stereocenters. The van der Waals surface area contributed by atoms with Gasteiger partial charge in [-0.1, -0.05) is 34.1 Å². The Morgan fingerprint density at radius 2 is 2.07 bits per heavy atom. The number of ether oxygens (including phenoxy) is 2. The number of nitrogens with zero attached hydrogens (tertiary/aromatic N) is 2. The summed E-state index contributed by atoms with van der Waals surface area (Å²) < 4.78 is 14.3. The number of hydrogen-bond acceptors (Lipinski definition) is 4. The Labute approximate surface area is 172 Å². The van der Waals surface area contributed by atoms with Crippen molar-refractivity contribution in [3.05, 3.63) is 58.2 Å². The first-order valence-corrected chi connectivity index (χ1v) is 10.4. The van der Waals surface area contributed by atoms with Crippen molar-refractivity contribution < 1.29 is 14.3 Å². The van der Waals surface area contributed by atoms with Gasteiger partial charge in [0, 0.05) is 22.0 Å². The molecule has 1 aromatic heterocycles. The lowest BCUT2D eigenvalue weighted by molar-refractivity contribution is -0.142. The topological polar surface area (TPSA) is 53.4 Å². The van der Waals surface area contributed by atoms with Gasteiger partial charge in [0.05, 0.1) is 18.5 Å². The van der Waals surface area contributed by atoms with Gasteiger partial charge < -0.3 is 9.47 Å². The van der Waals surface area contributed by atoms with E-state index in [1.54, 1.807) is 0 Å².